The highest BCUT2D eigenvalue weighted by Gasteiger charge is 2.51. The molecule has 0 unspecified atom stereocenters. The summed E-state index contributed by atoms with van der Waals surface area (Å²) in [6.45, 7) is 1.17. The predicted octanol–water partition coefficient (Wildman–Crippen LogP) is 6.24. The van der Waals surface area contributed by atoms with Crippen molar-refractivity contribution >= 4 is 23.6 Å². The Morgan fingerprint density at radius 3 is 2.14 bits per heavy atom. The quantitative estimate of drug-likeness (QED) is 0.154. The van der Waals surface area contributed by atoms with Gasteiger partial charge in [0.15, 0.2) is 0 Å². The molecule has 9 nitrogen and oxygen atoms in total. The molecule has 3 N–H and O–H groups in total. The van der Waals surface area contributed by atoms with Gasteiger partial charge in [0.2, 0.25) is 10.0 Å². The summed E-state index contributed by atoms with van der Waals surface area (Å²) in [4.78, 5) is 29.8. The third kappa shape index (κ3) is 6.90. The van der Waals surface area contributed by atoms with Crippen LogP contribution in [0.2, 0.25) is 0 Å². The van der Waals surface area contributed by atoms with Gasteiger partial charge in [0.1, 0.15) is 10.6 Å². The van der Waals surface area contributed by atoms with Gasteiger partial charge in [-0.15, -0.1) is 0 Å². The Morgan fingerprint density at radius 2 is 1.52 bits per heavy atom. The number of carbonyl (C=O) groups is 1. The normalized spacial score (nSPS) is 12.3. The highest BCUT2D eigenvalue weighted by Crippen LogP contribution is 2.60. The molecule has 232 valence electrons. The Hall–Kier alpha value is -3.93. The van der Waals surface area contributed by atoms with Gasteiger partial charge in [-0.1, -0.05) is 73.7 Å². The van der Waals surface area contributed by atoms with Crippen LogP contribution >= 0.6 is 7.60 Å². The first-order valence-corrected chi connectivity index (χ1v) is 16.4. The van der Waals surface area contributed by atoms with Crippen molar-refractivity contribution in [3.8, 4) is 16.9 Å². The number of halogens is 2. The molecule has 4 rings (SSSR count). The van der Waals surface area contributed by atoms with E-state index in [0.29, 0.717) is 22.3 Å². The molecule has 0 saturated heterocycles. The van der Waals surface area contributed by atoms with E-state index in [1.807, 2.05) is 0 Å². The zero-order valence-electron chi connectivity index (χ0n) is 23.7. The lowest BCUT2D eigenvalue weighted by atomic mass is 10.0. The highest BCUT2D eigenvalue weighted by molar-refractivity contribution is 7.89. The molecule has 4 aromatic carbocycles. The first-order valence-electron chi connectivity index (χ1n) is 13.3. The van der Waals surface area contributed by atoms with Gasteiger partial charge in [-0.25, -0.2) is 13.2 Å². The number of nitrogens with zero attached hydrogens (tertiary/aromatic N) is 1. The minimum absolute atomic E-state index is 0.0164. The number of para-hydroxylation sites is 1. The summed E-state index contributed by atoms with van der Waals surface area (Å²) in [5.41, 5.74) is -2.85. The van der Waals surface area contributed by atoms with Crippen LogP contribution in [0, 0.1) is 0 Å². The number of sulfonamides is 1. The average Bonchev–Trinajstić information content (AvgIpc) is 3.00. The molecule has 0 aliphatic rings. The summed E-state index contributed by atoms with van der Waals surface area (Å²) in [5.74, 6) is -0.956. The molecule has 0 saturated carbocycles. The van der Waals surface area contributed by atoms with Crippen molar-refractivity contribution < 1.29 is 46.2 Å². The number of hydrogen-bond acceptors (Lipinski definition) is 5. The Labute approximate surface area is 253 Å². The average molecular weight is 646 g/mol. The smallest absolute Gasteiger partial charge is 0.399 e. The first kappa shape index (κ1) is 33.0. The number of carboxylic acids is 1. The summed E-state index contributed by atoms with van der Waals surface area (Å²) < 4.78 is 75.1. The third-order valence-corrected chi connectivity index (χ3v) is 9.85. The van der Waals surface area contributed by atoms with Gasteiger partial charge >= 0.3 is 19.2 Å². The lowest BCUT2D eigenvalue weighted by Crippen LogP contribution is -2.30. The summed E-state index contributed by atoms with van der Waals surface area (Å²) in [7, 11) is -8.70. The van der Waals surface area contributed by atoms with E-state index >= 15 is 0 Å². The van der Waals surface area contributed by atoms with Gasteiger partial charge in [-0.2, -0.15) is 13.1 Å². The zero-order chi connectivity index (χ0) is 32.3. The Kier molecular flexibility index (Phi) is 9.72. The molecule has 0 aliphatic carbocycles. The molecule has 0 spiro atoms. The van der Waals surface area contributed by atoms with Gasteiger partial charge in [0, 0.05) is 18.7 Å². The number of methoxy groups -OCH3 is 1. The second-order valence-corrected chi connectivity index (χ2v) is 13.5. The fraction of sp³-hybridized carbons (Fsp3) is 0.194. The summed E-state index contributed by atoms with van der Waals surface area (Å²) in [6, 6.07) is 22.8. The fourth-order valence-electron chi connectivity index (χ4n) is 4.73. The molecule has 0 amide bonds. The molecule has 0 bridgehead atoms. The van der Waals surface area contributed by atoms with Crippen LogP contribution in [0.1, 0.15) is 39.5 Å². The number of aromatic carboxylic acids is 1. The maximum atomic E-state index is 14.6. The Morgan fingerprint density at radius 1 is 0.886 bits per heavy atom. The lowest BCUT2D eigenvalue weighted by Gasteiger charge is -2.25. The first-order chi connectivity index (χ1) is 20.7. The summed E-state index contributed by atoms with van der Waals surface area (Å²) in [5, 5.41) is 9.31. The number of rotatable bonds is 12. The van der Waals surface area contributed by atoms with Crippen LogP contribution in [-0.2, 0) is 39.8 Å². The minimum Gasteiger partial charge on any atom is -0.495 e. The highest BCUT2D eigenvalue weighted by atomic mass is 32.2. The fourth-order valence-corrected chi connectivity index (χ4v) is 6.83. The van der Waals surface area contributed by atoms with Crippen LogP contribution in [0.3, 0.4) is 0 Å². The number of hydrogen-bond donors (Lipinski definition) is 3. The number of alkyl halides is 2. The summed E-state index contributed by atoms with van der Waals surface area (Å²) >= 11 is 0. The van der Waals surface area contributed by atoms with E-state index < -0.39 is 34.8 Å². The van der Waals surface area contributed by atoms with Crippen LogP contribution < -0.4 is 4.74 Å². The van der Waals surface area contributed by atoms with E-state index in [4.69, 9.17) is 4.74 Å². The van der Waals surface area contributed by atoms with Gasteiger partial charge in [0.25, 0.3) is 0 Å². The maximum absolute atomic E-state index is 14.6. The molecule has 44 heavy (non-hydrogen) atoms. The molecule has 0 aliphatic heterocycles. The number of benzene rings is 4. The zero-order valence-corrected chi connectivity index (χ0v) is 25.4. The number of carboxylic acid groups (broad SMARTS) is 1. The van der Waals surface area contributed by atoms with Gasteiger partial charge in [-0.05, 0) is 58.5 Å². The molecule has 4 aromatic rings. The van der Waals surface area contributed by atoms with Crippen LogP contribution in [0.15, 0.2) is 95.9 Å². The maximum Gasteiger partial charge on any atom is 0.399 e. The predicted molar refractivity (Wildman–Crippen MR) is 160 cm³/mol. The lowest BCUT2D eigenvalue weighted by molar-refractivity contribution is 0.0555. The van der Waals surface area contributed by atoms with Crippen molar-refractivity contribution in [2.75, 3.05) is 7.11 Å². The number of aryl methyl sites for hydroxylation is 1. The van der Waals surface area contributed by atoms with E-state index in [-0.39, 0.29) is 41.3 Å². The molecular formula is C31H30F2NO8PS. The van der Waals surface area contributed by atoms with Crippen LogP contribution in [0.25, 0.3) is 11.1 Å². The van der Waals surface area contributed by atoms with Crippen molar-refractivity contribution in [2.45, 2.75) is 37.0 Å². The second-order valence-electron chi connectivity index (χ2n) is 9.94. The standard InChI is InChI=1S/C31H30F2NO8PS/c1-3-23-17-22(13-16-27(23)31(32,33)43(37,38)39)20-34(44(40,41)29-10-5-4-9-28(29)42-2)19-21-11-14-24(15-12-21)25-7-6-8-26(18-25)30(35)36/h4-18H,3,19-20H2,1-2H3,(H,35,36)(H2,37,38,39). The van der Waals surface area contributed by atoms with Crippen molar-refractivity contribution in [3.05, 3.63) is 119 Å². The SMILES string of the molecule is CCc1cc(CN(Cc2ccc(-c3cccc(C(=O)O)c3)cc2)S(=O)(=O)c2ccccc2OC)ccc1C(F)(F)P(=O)(O)O. The van der Waals surface area contributed by atoms with E-state index in [9.17, 15) is 41.5 Å². The van der Waals surface area contributed by atoms with E-state index in [1.165, 1.54) is 43.5 Å². The molecule has 0 fully saturated rings. The van der Waals surface area contributed by atoms with Crippen LogP contribution in [0.4, 0.5) is 8.78 Å². The van der Waals surface area contributed by atoms with Crippen LogP contribution in [-0.4, -0.2) is 40.7 Å². The second kappa shape index (κ2) is 13.0. The molecule has 0 heterocycles. The van der Waals surface area contributed by atoms with Crippen molar-refractivity contribution in [3.63, 3.8) is 0 Å². The third-order valence-electron chi connectivity index (χ3n) is 7.04. The van der Waals surface area contributed by atoms with Crippen molar-refractivity contribution in [2.24, 2.45) is 0 Å². The van der Waals surface area contributed by atoms with Gasteiger partial charge in [-0.3, -0.25) is 4.57 Å². The molecular weight excluding hydrogens is 615 g/mol. The number of ether oxygens (including phenoxy) is 1. The molecule has 0 radical (unpaired) electrons. The van der Waals surface area contributed by atoms with Crippen LogP contribution in [0.5, 0.6) is 5.75 Å². The van der Waals surface area contributed by atoms with E-state index in [2.05, 4.69) is 0 Å². The molecule has 13 heteroatoms. The monoisotopic (exact) mass is 645 g/mol. The van der Waals surface area contributed by atoms with E-state index in [0.717, 1.165) is 10.4 Å². The van der Waals surface area contributed by atoms with E-state index in [1.54, 1.807) is 55.5 Å². The largest absolute Gasteiger partial charge is 0.495 e. The Balaban J connectivity index is 1.73. The molecule has 0 aromatic heterocycles. The van der Waals surface area contributed by atoms with Crippen molar-refractivity contribution in [1.29, 1.82) is 0 Å². The van der Waals surface area contributed by atoms with Gasteiger partial charge in [0.05, 0.1) is 12.7 Å². The summed E-state index contributed by atoms with van der Waals surface area (Å²) in [6.07, 6.45) is 0.0164. The van der Waals surface area contributed by atoms with Crippen molar-refractivity contribution in [1.82, 2.24) is 4.31 Å². The molecule has 0 atom stereocenters. The topological polar surface area (TPSA) is 141 Å². The van der Waals surface area contributed by atoms with Gasteiger partial charge < -0.3 is 19.6 Å². The Bertz CT molecular complexity index is 1820. The minimum atomic E-state index is -5.81.